The summed E-state index contributed by atoms with van der Waals surface area (Å²) in [4.78, 5) is 28.4. The van der Waals surface area contributed by atoms with E-state index < -0.39 is 0 Å². The van der Waals surface area contributed by atoms with Crippen LogP contribution in [-0.2, 0) is 11.2 Å². The monoisotopic (exact) mass is 424 g/mol. The van der Waals surface area contributed by atoms with Crippen molar-refractivity contribution in [2.45, 2.75) is 33.1 Å². The number of rotatable bonds is 9. The molecule has 3 rings (SSSR count). The molecular weight excluding hydrogens is 390 g/mol. The zero-order valence-electron chi connectivity index (χ0n) is 18.7. The smallest absolute Gasteiger partial charge is 0.279 e. The van der Waals surface area contributed by atoms with Crippen LogP contribution in [0.5, 0.6) is 5.75 Å². The van der Waals surface area contributed by atoms with Crippen LogP contribution in [0.2, 0.25) is 0 Å². The first kappa shape index (κ1) is 22.8. The first-order valence-electron chi connectivity index (χ1n) is 11.3. The van der Waals surface area contributed by atoms with Gasteiger partial charge in [-0.15, -0.1) is 0 Å². The van der Waals surface area contributed by atoms with Crippen LogP contribution in [0.3, 0.4) is 0 Å². The van der Waals surface area contributed by atoms with Crippen molar-refractivity contribution in [3.63, 3.8) is 0 Å². The highest BCUT2D eigenvalue weighted by Crippen LogP contribution is 2.16. The lowest BCUT2D eigenvalue weighted by molar-refractivity contribution is -0.895. The fraction of sp³-hybridized carbons (Fsp3) is 0.440. The molecule has 2 amide bonds. The Labute approximate surface area is 185 Å². The third kappa shape index (κ3) is 6.56. The van der Waals surface area contributed by atoms with E-state index in [9.17, 15) is 9.59 Å². The van der Waals surface area contributed by atoms with Crippen LogP contribution >= 0.6 is 0 Å². The Balaban J connectivity index is 1.45. The van der Waals surface area contributed by atoms with Gasteiger partial charge < -0.3 is 19.9 Å². The molecule has 1 aliphatic heterocycles. The number of anilines is 1. The fourth-order valence-electron chi connectivity index (χ4n) is 3.79. The average Bonchev–Trinajstić information content (AvgIpc) is 2.80. The van der Waals surface area contributed by atoms with Gasteiger partial charge in [0.1, 0.15) is 5.75 Å². The summed E-state index contributed by atoms with van der Waals surface area (Å²) in [6.45, 7) is 8.18. The second kappa shape index (κ2) is 11.5. The van der Waals surface area contributed by atoms with E-state index in [2.05, 4.69) is 19.2 Å². The van der Waals surface area contributed by atoms with E-state index in [1.807, 2.05) is 53.4 Å². The number of para-hydroxylation sites is 1. The van der Waals surface area contributed by atoms with Gasteiger partial charge in [-0.05, 0) is 48.7 Å². The molecule has 31 heavy (non-hydrogen) atoms. The summed E-state index contributed by atoms with van der Waals surface area (Å²) in [7, 11) is 0. The van der Waals surface area contributed by atoms with Crippen LogP contribution in [0, 0.1) is 0 Å². The van der Waals surface area contributed by atoms with Gasteiger partial charge in [-0.2, -0.15) is 0 Å². The van der Waals surface area contributed by atoms with E-state index >= 15 is 0 Å². The molecule has 0 bridgehead atoms. The van der Waals surface area contributed by atoms with Crippen LogP contribution in [0.15, 0.2) is 48.5 Å². The molecule has 2 aromatic carbocycles. The van der Waals surface area contributed by atoms with Crippen molar-refractivity contribution in [3.05, 3.63) is 59.7 Å². The summed E-state index contributed by atoms with van der Waals surface area (Å²) >= 11 is 0. The lowest BCUT2D eigenvalue weighted by atomic mass is 10.1. The highest BCUT2D eigenvalue weighted by atomic mass is 16.5. The molecule has 1 aliphatic rings. The van der Waals surface area contributed by atoms with Gasteiger partial charge in [-0.3, -0.25) is 9.59 Å². The number of hydrogen-bond acceptors (Lipinski definition) is 3. The van der Waals surface area contributed by atoms with E-state index in [-0.39, 0.29) is 11.8 Å². The summed E-state index contributed by atoms with van der Waals surface area (Å²) in [5.41, 5.74) is 2.72. The molecule has 0 atom stereocenters. The largest absolute Gasteiger partial charge is 0.494 e. The minimum Gasteiger partial charge on any atom is -0.494 e. The molecule has 0 aliphatic carbocycles. The van der Waals surface area contributed by atoms with Crippen molar-refractivity contribution in [2.75, 3.05) is 44.6 Å². The molecule has 0 aromatic heterocycles. The van der Waals surface area contributed by atoms with E-state index in [0.717, 1.165) is 49.4 Å². The van der Waals surface area contributed by atoms with Crippen molar-refractivity contribution in [2.24, 2.45) is 0 Å². The van der Waals surface area contributed by atoms with Gasteiger partial charge in [-0.25, -0.2) is 0 Å². The molecule has 1 saturated heterocycles. The molecule has 1 fully saturated rings. The Kier molecular flexibility index (Phi) is 8.47. The summed E-state index contributed by atoms with van der Waals surface area (Å²) in [5, 5.41) is 3.04. The van der Waals surface area contributed by atoms with Gasteiger partial charge in [0.2, 0.25) is 0 Å². The summed E-state index contributed by atoms with van der Waals surface area (Å²) in [6.07, 6.45) is 3.00. The average molecular weight is 425 g/mol. The van der Waals surface area contributed by atoms with Gasteiger partial charge in [-0.1, -0.05) is 38.5 Å². The zero-order valence-corrected chi connectivity index (χ0v) is 18.7. The molecule has 166 valence electrons. The Morgan fingerprint density at radius 3 is 2.42 bits per heavy atom. The number of amides is 2. The number of aryl methyl sites for hydroxylation is 1. The van der Waals surface area contributed by atoms with Gasteiger partial charge in [0.05, 0.1) is 32.8 Å². The predicted octanol–water partition coefficient (Wildman–Crippen LogP) is 2.41. The molecule has 6 nitrogen and oxygen atoms in total. The number of carbonyl (C=O) groups excluding carboxylic acids is 2. The molecular formula is C25H34N3O3+. The van der Waals surface area contributed by atoms with Crippen molar-refractivity contribution in [3.8, 4) is 5.75 Å². The number of carbonyl (C=O) groups is 2. The third-order valence-corrected chi connectivity index (χ3v) is 5.71. The Morgan fingerprint density at radius 1 is 1.03 bits per heavy atom. The van der Waals surface area contributed by atoms with E-state index in [1.165, 1.54) is 4.90 Å². The van der Waals surface area contributed by atoms with Gasteiger partial charge in [0, 0.05) is 11.3 Å². The molecule has 0 saturated carbocycles. The molecule has 0 unspecified atom stereocenters. The number of ether oxygens (including phenoxy) is 1. The topological polar surface area (TPSA) is 63.1 Å². The highest BCUT2D eigenvalue weighted by molar-refractivity contribution is 5.94. The Bertz CT molecular complexity index is 859. The normalized spacial score (nSPS) is 14.3. The maximum absolute atomic E-state index is 12.8. The van der Waals surface area contributed by atoms with Crippen LogP contribution in [0.4, 0.5) is 5.69 Å². The minimum atomic E-state index is 0.0225. The van der Waals surface area contributed by atoms with Gasteiger partial charge in [0.15, 0.2) is 6.54 Å². The minimum absolute atomic E-state index is 0.0225. The molecule has 2 N–H and O–H groups in total. The van der Waals surface area contributed by atoms with Crippen molar-refractivity contribution in [1.29, 1.82) is 0 Å². The van der Waals surface area contributed by atoms with Crippen LogP contribution in [0.1, 0.15) is 42.6 Å². The summed E-state index contributed by atoms with van der Waals surface area (Å²) in [5.74, 6) is 0.866. The molecule has 0 radical (unpaired) electrons. The Hall–Kier alpha value is -2.86. The number of nitrogens with one attached hydrogen (secondary N) is 2. The van der Waals surface area contributed by atoms with Crippen molar-refractivity contribution >= 4 is 17.5 Å². The van der Waals surface area contributed by atoms with Crippen LogP contribution in [0.25, 0.3) is 0 Å². The molecule has 6 heteroatoms. The second-order valence-electron chi connectivity index (χ2n) is 8.00. The number of quaternary nitrogens is 1. The maximum atomic E-state index is 12.8. The highest BCUT2D eigenvalue weighted by Gasteiger charge is 2.26. The quantitative estimate of drug-likeness (QED) is 0.608. The lowest BCUT2D eigenvalue weighted by Crippen LogP contribution is -3.15. The first-order chi connectivity index (χ1) is 15.1. The maximum Gasteiger partial charge on any atom is 0.279 e. The molecule has 2 aromatic rings. The first-order valence-corrected chi connectivity index (χ1v) is 11.3. The fourth-order valence-corrected chi connectivity index (χ4v) is 3.79. The SMILES string of the molecule is CCCCOc1ccc(C(=O)N2CC[NH+](CC(=O)Nc3ccccc3CC)CC2)cc1. The van der Waals surface area contributed by atoms with Crippen LogP contribution in [-0.4, -0.2) is 56.0 Å². The van der Waals surface area contributed by atoms with E-state index in [4.69, 9.17) is 4.74 Å². The summed E-state index contributed by atoms with van der Waals surface area (Å²) in [6, 6.07) is 15.3. The van der Waals surface area contributed by atoms with Crippen LogP contribution < -0.4 is 15.0 Å². The number of benzene rings is 2. The van der Waals surface area contributed by atoms with Gasteiger partial charge >= 0.3 is 0 Å². The Morgan fingerprint density at radius 2 is 1.74 bits per heavy atom. The lowest BCUT2D eigenvalue weighted by Gasteiger charge is -2.32. The molecule has 0 spiro atoms. The number of nitrogens with zero attached hydrogens (tertiary/aromatic N) is 1. The second-order valence-corrected chi connectivity index (χ2v) is 8.00. The standard InChI is InChI=1S/C25H33N3O3/c1-3-5-18-31-22-12-10-21(11-13-22)25(30)28-16-14-27(15-17-28)19-24(29)26-23-9-7-6-8-20(23)4-2/h6-13H,3-5,14-19H2,1-2H3,(H,26,29)/p+1. The van der Waals surface area contributed by atoms with Crippen molar-refractivity contribution in [1.82, 2.24) is 4.90 Å². The number of unbranched alkanes of at least 4 members (excludes halogenated alkanes) is 1. The number of piperazine rings is 1. The predicted molar refractivity (Wildman–Crippen MR) is 123 cm³/mol. The zero-order chi connectivity index (χ0) is 22.1. The van der Waals surface area contributed by atoms with E-state index in [1.54, 1.807) is 0 Å². The van der Waals surface area contributed by atoms with E-state index in [0.29, 0.717) is 31.8 Å². The molecule has 1 heterocycles. The summed E-state index contributed by atoms with van der Waals surface area (Å²) < 4.78 is 5.67. The number of hydrogen-bond donors (Lipinski definition) is 2. The van der Waals surface area contributed by atoms with Crippen molar-refractivity contribution < 1.29 is 19.2 Å². The van der Waals surface area contributed by atoms with Gasteiger partial charge in [0.25, 0.3) is 11.8 Å². The third-order valence-electron chi connectivity index (χ3n) is 5.71.